The largest absolute Gasteiger partial charge is 0.451 e. The Kier molecular flexibility index (Phi) is 3.83. The average Bonchev–Trinajstić information content (AvgIpc) is 2.83. The number of aryl methyl sites for hydroxylation is 1. The summed E-state index contributed by atoms with van der Waals surface area (Å²) in [5.74, 6) is -1.18. The average molecular weight is 318 g/mol. The van der Waals surface area contributed by atoms with E-state index < -0.39 is 5.91 Å². The third-order valence-electron chi connectivity index (χ3n) is 4.64. The van der Waals surface area contributed by atoms with Crippen LogP contribution in [-0.2, 0) is 4.79 Å². The molecule has 23 heavy (non-hydrogen) atoms. The van der Waals surface area contributed by atoms with Gasteiger partial charge in [-0.15, -0.1) is 0 Å². The summed E-state index contributed by atoms with van der Waals surface area (Å²) in [5, 5.41) is 0.587. The summed E-state index contributed by atoms with van der Waals surface area (Å²) in [6, 6.07) is 4.17. The first kappa shape index (κ1) is 15.5. The first-order chi connectivity index (χ1) is 10.9. The van der Waals surface area contributed by atoms with Crippen molar-refractivity contribution in [2.45, 2.75) is 32.7 Å². The zero-order valence-electron chi connectivity index (χ0n) is 13.1. The van der Waals surface area contributed by atoms with Crippen molar-refractivity contribution in [2.75, 3.05) is 6.54 Å². The first-order valence-corrected chi connectivity index (χ1v) is 7.67. The van der Waals surface area contributed by atoms with Crippen LogP contribution in [0.25, 0.3) is 11.0 Å². The number of furan rings is 1. The van der Waals surface area contributed by atoms with Crippen LogP contribution in [0.15, 0.2) is 22.6 Å². The van der Waals surface area contributed by atoms with Crippen LogP contribution in [0.1, 0.15) is 35.9 Å². The van der Waals surface area contributed by atoms with E-state index >= 15 is 0 Å². The molecule has 2 amide bonds. The predicted molar refractivity (Wildman–Crippen MR) is 83.3 cm³/mol. The van der Waals surface area contributed by atoms with Gasteiger partial charge in [0.15, 0.2) is 5.76 Å². The van der Waals surface area contributed by atoms with Crippen LogP contribution in [-0.4, -0.2) is 29.3 Å². The van der Waals surface area contributed by atoms with Gasteiger partial charge in [0.05, 0.1) is 5.92 Å². The van der Waals surface area contributed by atoms with Gasteiger partial charge in [0.25, 0.3) is 5.91 Å². The minimum Gasteiger partial charge on any atom is -0.451 e. The van der Waals surface area contributed by atoms with E-state index in [0.717, 1.165) is 0 Å². The van der Waals surface area contributed by atoms with Crippen molar-refractivity contribution < 1.29 is 18.4 Å². The Morgan fingerprint density at radius 1 is 1.35 bits per heavy atom. The van der Waals surface area contributed by atoms with Gasteiger partial charge in [0.2, 0.25) is 5.91 Å². The van der Waals surface area contributed by atoms with E-state index in [2.05, 4.69) is 0 Å². The molecule has 3 rings (SSSR count). The van der Waals surface area contributed by atoms with E-state index in [0.29, 0.717) is 35.9 Å². The quantitative estimate of drug-likeness (QED) is 0.924. The summed E-state index contributed by atoms with van der Waals surface area (Å²) >= 11 is 0. The lowest BCUT2D eigenvalue weighted by atomic mass is 9.92. The van der Waals surface area contributed by atoms with E-state index in [1.807, 2.05) is 6.92 Å². The molecule has 6 heteroatoms. The number of hydrogen-bond acceptors (Lipinski definition) is 3. The maximum Gasteiger partial charge on any atom is 0.290 e. The second-order valence-electron chi connectivity index (χ2n) is 6.18. The molecule has 2 atom stereocenters. The molecule has 1 aromatic heterocycles. The summed E-state index contributed by atoms with van der Waals surface area (Å²) in [6.45, 7) is 3.96. The molecule has 1 aromatic carbocycles. The molecule has 1 saturated heterocycles. The fourth-order valence-corrected chi connectivity index (χ4v) is 3.15. The summed E-state index contributed by atoms with van der Waals surface area (Å²) in [5.41, 5.74) is 6.46. The molecule has 1 fully saturated rings. The van der Waals surface area contributed by atoms with Gasteiger partial charge in [-0.05, 0) is 44.9 Å². The highest BCUT2D eigenvalue weighted by molar-refractivity contribution is 5.99. The van der Waals surface area contributed by atoms with Crippen molar-refractivity contribution in [1.82, 2.24) is 4.90 Å². The van der Waals surface area contributed by atoms with Crippen molar-refractivity contribution in [3.8, 4) is 0 Å². The summed E-state index contributed by atoms with van der Waals surface area (Å²) in [7, 11) is 0. The van der Waals surface area contributed by atoms with Crippen molar-refractivity contribution in [3.63, 3.8) is 0 Å². The molecule has 2 N–H and O–H groups in total. The van der Waals surface area contributed by atoms with Gasteiger partial charge < -0.3 is 15.1 Å². The van der Waals surface area contributed by atoms with Crippen LogP contribution in [0.4, 0.5) is 4.39 Å². The third-order valence-corrected chi connectivity index (χ3v) is 4.64. The number of benzene rings is 1. The fraction of sp³-hybridized carbons (Fsp3) is 0.412. The Labute approximate surface area is 133 Å². The minimum atomic E-state index is -0.391. The Morgan fingerprint density at radius 3 is 2.78 bits per heavy atom. The lowest BCUT2D eigenvalue weighted by Crippen LogP contribution is -2.48. The third kappa shape index (κ3) is 2.69. The molecule has 1 aliphatic rings. The molecule has 2 aromatic rings. The number of carbonyl (C=O) groups excluding carboxylic acids is 2. The van der Waals surface area contributed by atoms with E-state index in [1.54, 1.807) is 11.8 Å². The topological polar surface area (TPSA) is 76.5 Å². The van der Waals surface area contributed by atoms with E-state index in [9.17, 15) is 14.0 Å². The van der Waals surface area contributed by atoms with Gasteiger partial charge in [0, 0.05) is 23.5 Å². The molecule has 0 radical (unpaired) electrons. The zero-order valence-corrected chi connectivity index (χ0v) is 13.1. The van der Waals surface area contributed by atoms with Crippen LogP contribution >= 0.6 is 0 Å². The fourth-order valence-electron chi connectivity index (χ4n) is 3.15. The number of amides is 2. The Hall–Kier alpha value is -2.37. The van der Waals surface area contributed by atoms with Crippen LogP contribution in [0, 0.1) is 18.7 Å². The highest BCUT2D eigenvalue weighted by Crippen LogP contribution is 2.29. The molecule has 5 nitrogen and oxygen atoms in total. The Balaban J connectivity index is 1.96. The van der Waals surface area contributed by atoms with E-state index in [1.165, 1.54) is 18.2 Å². The first-order valence-electron chi connectivity index (χ1n) is 7.67. The Morgan fingerprint density at radius 2 is 2.09 bits per heavy atom. The smallest absolute Gasteiger partial charge is 0.290 e. The van der Waals surface area contributed by atoms with Crippen molar-refractivity contribution in [1.29, 1.82) is 0 Å². The van der Waals surface area contributed by atoms with Crippen molar-refractivity contribution >= 4 is 22.8 Å². The number of nitrogens with zero attached hydrogens (tertiary/aromatic N) is 1. The van der Waals surface area contributed by atoms with Crippen molar-refractivity contribution in [3.05, 3.63) is 35.3 Å². The Bertz CT molecular complexity index is 783. The molecule has 0 aliphatic carbocycles. The number of piperidine rings is 1. The number of primary amides is 1. The molecule has 0 bridgehead atoms. The number of likely N-dealkylation sites (tertiary alicyclic amines) is 1. The molecule has 2 heterocycles. The number of halogens is 1. The number of fused-ring (bicyclic) bond motifs is 1. The highest BCUT2D eigenvalue weighted by Gasteiger charge is 2.34. The summed E-state index contributed by atoms with van der Waals surface area (Å²) in [6.07, 6.45) is 1.40. The molecule has 0 unspecified atom stereocenters. The molecular formula is C17H19FN2O3. The number of hydrogen-bond donors (Lipinski definition) is 1. The molecular weight excluding hydrogens is 299 g/mol. The molecule has 0 saturated carbocycles. The number of carbonyl (C=O) groups is 2. The highest BCUT2D eigenvalue weighted by atomic mass is 19.1. The van der Waals surface area contributed by atoms with Crippen LogP contribution in [0.5, 0.6) is 0 Å². The van der Waals surface area contributed by atoms with Gasteiger partial charge in [-0.25, -0.2) is 4.39 Å². The second kappa shape index (κ2) is 5.68. The van der Waals surface area contributed by atoms with Gasteiger partial charge in [-0.2, -0.15) is 0 Å². The lowest BCUT2D eigenvalue weighted by molar-refractivity contribution is -0.123. The summed E-state index contributed by atoms with van der Waals surface area (Å²) < 4.78 is 19.0. The predicted octanol–water partition coefficient (Wildman–Crippen LogP) is 2.61. The van der Waals surface area contributed by atoms with Crippen molar-refractivity contribution in [2.24, 2.45) is 11.7 Å². The monoisotopic (exact) mass is 318 g/mol. The minimum absolute atomic E-state index is 0.00227. The number of nitrogens with two attached hydrogens (primary N) is 1. The van der Waals surface area contributed by atoms with E-state index in [4.69, 9.17) is 10.2 Å². The normalized spacial score (nSPS) is 21.6. The number of rotatable bonds is 2. The van der Waals surface area contributed by atoms with Crippen LogP contribution in [0.3, 0.4) is 0 Å². The van der Waals surface area contributed by atoms with Gasteiger partial charge >= 0.3 is 0 Å². The van der Waals surface area contributed by atoms with Crippen LogP contribution < -0.4 is 5.73 Å². The van der Waals surface area contributed by atoms with Crippen LogP contribution in [0.2, 0.25) is 0 Å². The van der Waals surface area contributed by atoms with Gasteiger partial charge in [-0.3, -0.25) is 9.59 Å². The standard InChI is InChI=1S/C17H19FN2O3/c1-9-3-4-11(16(19)21)8-20(9)17(22)15-10(2)13-7-12(18)5-6-14(13)23-15/h5-7,9,11H,3-4,8H2,1-2H3,(H2,19,21)/t9-,11-/m1/s1. The van der Waals surface area contributed by atoms with Gasteiger partial charge in [-0.1, -0.05) is 0 Å². The maximum atomic E-state index is 13.4. The van der Waals surface area contributed by atoms with E-state index in [-0.39, 0.29) is 29.4 Å². The van der Waals surface area contributed by atoms with Gasteiger partial charge in [0.1, 0.15) is 11.4 Å². The zero-order chi connectivity index (χ0) is 16.7. The molecule has 1 aliphatic heterocycles. The second-order valence-corrected chi connectivity index (χ2v) is 6.18. The lowest BCUT2D eigenvalue weighted by Gasteiger charge is -2.36. The molecule has 122 valence electrons. The summed E-state index contributed by atoms with van der Waals surface area (Å²) in [4.78, 5) is 25.9. The maximum absolute atomic E-state index is 13.4. The molecule has 0 spiro atoms. The SMILES string of the molecule is Cc1c(C(=O)N2C[C@H](C(N)=O)CC[C@H]2C)oc2ccc(F)cc12.